The van der Waals surface area contributed by atoms with E-state index < -0.39 is 18.2 Å². The van der Waals surface area contributed by atoms with Crippen molar-refractivity contribution >= 4 is 5.78 Å². The zero-order valence-electron chi connectivity index (χ0n) is 9.76. The zero-order chi connectivity index (χ0) is 11.6. The lowest BCUT2D eigenvalue weighted by atomic mass is 9.73. The summed E-state index contributed by atoms with van der Waals surface area (Å²) < 4.78 is 11.8. The summed E-state index contributed by atoms with van der Waals surface area (Å²) in [7, 11) is 0. The summed E-state index contributed by atoms with van der Waals surface area (Å²) >= 11 is 0. The molecule has 0 unspecified atom stereocenters. The fourth-order valence-electron chi connectivity index (χ4n) is 3.71. The summed E-state index contributed by atoms with van der Waals surface area (Å²) in [4.78, 5) is 22.9. The highest BCUT2D eigenvalue weighted by Gasteiger charge is 2.65. The normalized spacial score (nSPS) is 56.8. The third kappa shape index (κ3) is 1.20. The van der Waals surface area contributed by atoms with Gasteiger partial charge in [0.05, 0.1) is 5.92 Å². The Labute approximate surface area is 99.3 Å². The number of fused-ring (bicyclic) bond motifs is 10. The monoisotopic (exact) mass is 240 g/mol. The highest BCUT2D eigenvalue weighted by molar-refractivity contribution is 5.86. The summed E-state index contributed by atoms with van der Waals surface area (Å²) in [6.45, 7) is 1.92. The Kier molecular flexibility index (Phi) is 2.02. The van der Waals surface area contributed by atoms with Gasteiger partial charge in [-0.3, -0.25) is 4.79 Å². The average Bonchev–Trinajstić information content (AvgIpc) is 2.68. The molecule has 3 aliphatic heterocycles. The SMILES string of the molecule is C[C@]12O[C@H]([C@@H]3OO[C@H]1O3)[C@H]1CCCC[C@@H]2C1=O. The molecule has 0 spiro atoms. The lowest BCUT2D eigenvalue weighted by Gasteiger charge is -2.50. The minimum absolute atomic E-state index is 0.0803. The van der Waals surface area contributed by atoms with Gasteiger partial charge in [0, 0.05) is 5.92 Å². The van der Waals surface area contributed by atoms with E-state index in [1.54, 1.807) is 0 Å². The van der Waals surface area contributed by atoms with Crippen LogP contribution in [0, 0.1) is 11.8 Å². The highest BCUT2D eigenvalue weighted by atomic mass is 17.3. The molecule has 0 radical (unpaired) electrons. The van der Waals surface area contributed by atoms with Crippen molar-refractivity contribution in [2.45, 2.75) is 56.9 Å². The molecule has 4 fully saturated rings. The van der Waals surface area contributed by atoms with Crippen LogP contribution in [-0.4, -0.2) is 30.1 Å². The first-order valence-corrected chi connectivity index (χ1v) is 6.39. The molecule has 3 heterocycles. The van der Waals surface area contributed by atoms with E-state index in [2.05, 4.69) is 0 Å². The van der Waals surface area contributed by atoms with Crippen LogP contribution in [0.2, 0.25) is 0 Å². The van der Waals surface area contributed by atoms with E-state index in [1.807, 2.05) is 6.92 Å². The molecule has 4 aliphatic rings. The number of carbonyl (C=O) groups excluding carboxylic acids is 1. The smallest absolute Gasteiger partial charge is 0.223 e. The first kappa shape index (κ1) is 10.4. The first-order chi connectivity index (χ1) is 8.20. The van der Waals surface area contributed by atoms with Crippen molar-refractivity contribution in [3.8, 4) is 0 Å². The van der Waals surface area contributed by atoms with Gasteiger partial charge in [-0.05, 0) is 19.8 Å². The number of ether oxygens (including phenoxy) is 2. The van der Waals surface area contributed by atoms with Gasteiger partial charge in [0.15, 0.2) is 0 Å². The first-order valence-electron chi connectivity index (χ1n) is 6.39. The van der Waals surface area contributed by atoms with E-state index in [0.29, 0.717) is 5.78 Å². The van der Waals surface area contributed by atoms with Gasteiger partial charge >= 0.3 is 0 Å². The van der Waals surface area contributed by atoms with Crippen LogP contribution in [0.15, 0.2) is 0 Å². The third-order valence-electron chi connectivity index (χ3n) is 4.68. The number of Topliss-reactive ketones (excluding diaryl/α,β-unsaturated/α-hetero) is 1. The van der Waals surface area contributed by atoms with Crippen LogP contribution in [0.25, 0.3) is 0 Å². The summed E-state index contributed by atoms with van der Waals surface area (Å²) in [6.07, 6.45) is 2.53. The molecule has 0 aromatic carbocycles. The predicted molar refractivity (Wildman–Crippen MR) is 54.6 cm³/mol. The molecule has 5 nitrogen and oxygen atoms in total. The van der Waals surface area contributed by atoms with E-state index in [9.17, 15) is 4.79 Å². The molecule has 4 rings (SSSR count). The molecule has 0 aromatic rings. The molecule has 0 aromatic heterocycles. The summed E-state index contributed by atoms with van der Waals surface area (Å²) in [5, 5.41) is 0. The number of hydrogen-bond acceptors (Lipinski definition) is 5. The fraction of sp³-hybridized carbons (Fsp3) is 0.917. The maximum atomic E-state index is 12.5. The van der Waals surface area contributed by atoms with Crippen molar-refractivity contribution in [3.05, 3.63) is 0 Å². The molecule has 1 saturated carbocycles. The molecule has 6 bridgehead atoms. The summed E-state index contributed by atoms with van der Waals surface area (Å²) in [5.74, 6) is 0.135. The van der Waals surface area contributed by atoms with Crippen molar-refractivity contribution < 1.29 is 24.0 Å². The van der Waals surface area contributed by atoms with E-state index >= 15 is 0 Å². The lowest BCUT2D eigenvalue weighted by molar-refractivity contribution is -0.313. The molecule has 3 saturated heterocycles. The Bertz CT molecular complexity index is 370. The molecule has 17 heavy (non-hydrogen) atoms. The largest absolute Gasteiger partial charge is 0.360 e. The van der Waals surface area contributed by atoms with Gasteiger partial charge in [0.2, 0.25) is 12.6 Å². The Hall–Kier alpha value is -0.490. The van der Waals surface area contributed by atoms with Gasteiger partial charge in [0.1, 0.15) is 17.5 Å². The summed E-state index contributed by atoms with van der Waals surface area (Å²) in [6, 6.07) is 0. The lowest BCUT2D eigenvalue weighted by Crippen LogP contribution is -2.65. The molecule has 1 aliphatic carbocycles. The van der Waals surface area contributed by atoms with E-state index in [4.69, 9.17) is 19.2 Å². The van der Waals surface area contributed by atoms with Gasteiger partial charge in [0.25, 0.3) is 0 Å². The Morgan fingerprint density at radius 1 is 1.24 bits per heavy atom. The predicted octanol–water partition coefficient (Wildman–Crippen LogP) is 1.16. The Balaban J connectivity index is 1.82. The minimum Gasteiger partial charge on any atom is -0.360 e. The topological polar surface area (TPSA) is 54.0 Å². The van der Waals surface area contributed by atoms with E-state index in [0.717, 1.165) is 25.7 Å². The van der Waals surface area contributed by atoms with Crippen LogP contribution in [0.4, 0.5) is 0 Å². The van der Waals surface area contributed by atoms with Crippen molar-refractivity contribution in [3.63, 3.8) is 0 Å². The number of ketones is 1. The molecular weight excluding hydrogens is 224 g/mol. The van der Waals surface area contributed by atoms with E-state index in [-0.39, 0.29) is 17.9 Å². The van der Waals surface area contributed by atoms with Crippen molar-refractivity contribution in [1.29, 1.82) is 0 Å². The van der Waals surface area contributed by atoms with E-state index in [1.165, 1.54) is 0 Å². The van der Waals surface area contributed by atoms with Crippen molar-refractivity contribution in [2.75, 3.05) is 0 Å². The molecule has 5 heteroatoms. The third-order valence-corrected chi connectivity index (χ3v) is 4.68. The molecule has 0 N–H and O–H groups in total. The minimum atomic E-state index is -0.671. The molecule has 94 valence electrons. The van der Waals surface area contributed by atoms with Gasteiger partial charge in [-0.25, -0.2) is 0 Å². The molecular formula is C12H16O5. The van der Waals surface area contributed by atoms with Crippen LogP contribution >= 0.6 is 0 Å². The van der Waals surface area contributed by atoms with Crippen molar-refractivity contribution in [1.82, 2.24) is 0 Å². The fourth-order valence-corrected chi connectivity index (χ4v) is 3.71. The Morgan fingerprint density at radius 2 is 2.06 bits per heavy atom. The molecule has 0 amide bonds. The van der Waals surface area contributed by atoms with Crippen LogP contribution < -0.4 is 0 Å². The van der Waals surface area contributed by atoms with Gasteiger partial charge in [-0.1, -0.05) is 12.8 Å². The molecule has 6 atom stereocenters. The second kappa shape index (κ2) is 3.29. The standard InChI is InChI=1S/C12H16O5/c1-12-7-5-3-2-4-6(8(7)13)9(15-12)10-14-11(12)17-16-10/h6-7,9-11H,2-5H2,1H3/t6-,7+,9-,10-,11+,12+/m0/s1. The van der Waals surface area contributed by atoms with Crippen LogP contribution in [-0.2, 0) is 24.0 Å². The quantitative estimate of drug-likeness (QED) is 0.595. The van der Waals surface area contributed by atoms with Crippen LogP contribution in [0.5, 0.6) is 0 Å². The van der Waals surface area contributed by atoms with Gasteiger partial charge in [-0.15, -0.1) is 0 Å². The highest BCUT2D eigenvalue weighted by Crippen LogP contribution is 2.51. The average molecular weight is 240 g/mol. The van der Waals surface area contributed by atoms with Gasteiger partial charge in [-0.2, -0.15) is 9.78 Å². The van der Waals surface area contributed by atoms with Gasteiger partial charge < -0.3 is 9.47 Å². The second-order valence-electron chi connectivity index (χ2n) is 5.64. The van der Waals surface area contributed by atoms with Crippen LogP contribution in [0.1, 0.15) is 32.6 Å². The number of hydrogen-bond donors (Lipinski definition) is 0. The maximum Gasteiger partial charge on any atom is 0.223 e. The summed E-state index contributed by atoms with van der Waals surface area (Å²) in [5.41, 5.74) is -0.671. The number of carbonyl (C=O) groups is 1. The van der Waals surface area contributed by atoms with Crippen LogP contribution in [0.3, 0.4) is 0 Å². The zero-order valence-corrected chi connectivity index (χ0v) is 9.76. The Morgan fingerprint density at radius 3 is 2.94 bits per heavy atom. The van der Waals surface area contributed by atoms with Crippen molar-refractivity contribution in [2.24, 2.45) is 11.8 Å². The number of rotatable bonds is 0. The maximum absolute atomic E-state index is 12.5. The second-order valence-corrected chi connectivity index (χ2v) is 5.64.